The van der Waals surface area contributed by atoms with Gasteiger partial charge in [-0.3, -0.25) is 19.5 Å². The van der Waals surface area contributed by atoms with Gasteiger partial charge in [0.05, 0.1) is 12.2 Å². The van der Waals surface area contributed by atoms with Crippen LogP contribution in [0.5, 0.6) is 0 Å². The Labute approximate surface area is 215 Å². The molecule has 3 aliphatic rings. The third-order valence-corrected chi connectivity index (χ3v) is 6.81. The van der Waals surface area contributed by atoms with Crippen molar-refractivity contribution < 1.29 is 33.7 Å². The summed E-state index contributed by atoms with van der Waals surface area (Å²) in [7, 11) is 0. The molecule has 3 fully saturated rings. The first-order chi connectivity index (χ1) is 18.4. The van der Waals surface area contributed by atoms with Crippen LogP contribution in [0.1, 0.15) is 25.0 Å². The molecule has 2 aromatic heterocycles. The number of anilines is 1. The molecule has 38 heavy (non-hydrogen) atoms. The topological polar surface area (TPSA) is 170 Å². The number of nitrogens with one attached hydrogen (secondary N) is 2. The van der Waals surface area contributed by atoms with Crippen molar-refractivity contribution >= 4 is 34.9 Å². The summed E-state index contributed by atoms with van der Waals surface area (Å²) in [4.78, 5) is 51.0. The number of aliphatic carboxylic acids is 1. The number of ether oxygens (including phenoxy) is 3. The number of urea groups is 1. The van der Waals surface area contributed by atoms with Gasteiger partial charge in [-0.15, -0.1) is 0 Å². The van der Waals surface area contributed by atoms with Gasteiger partial charge in [-0.05, 0) is 6.92 Å². The standard InChI is InChI=1S/C24H25N7O7/c1-2-25-24(35)29-18-14-19(27-10-26-18)31(11-28-14)21-17-15(37-23(38-17)12-6-4-3-5-7-12)16(36-21)20(32)30-8-13(9-30)22(33)34/h3-7,10-11,13,15-17,21,23H,2,8-9H2,1H3,(H,33,34)(H2,25,26,27,29,35)/t15?,16?,17?,21?,23-/m0/s1. The van der Waals surface area contributed by atoms with Crippen LogP contribution in [0.3, 0.4) is 0 Å². The summed E-state index contributed by atoms with van der Waals surface area (Å²) < 4.78 is 20.3. The monoisotopic (exact) mass is 523 g/mol. The Balaban J connectivity index is 1.31. The summed E-state index contributed by atoms with van der Waals surface area (Å²) in [5.41, 5.74) is 1.48. The fourth-order valence-electron chi connectivity index (χ4n) is 4.88. The van der Waals surface area contributed by atoms with E-state index in [1.54, 1.807) is 11.5 Å². The van der Waals surface area contributed by atoms with E-state index in [1.165, 1.54) is 17.6 Å². The van der Waals surface area contributed by atoms with E-state index in [2.05, 4.69) is 25.6 Å². The van der Waals surface area contributed by atoms with Crippen LogP contribution in [-0.4, -0.2) is 85.4 Å². The van der Waals surface area contributed by atoms with E-state index in [1.807, 2.05) is 30.3 Å². The highest BCUT2D eigenvalue weighted by Gasteiger charge is 2.58. The molecule has 3 N–H and O–H groups in total. The molecule has 198 valence electrons. The summed E-state index contributed by atoms with van der Waals surface area (Å²) in [6, 6.07) is 8.90. The van der Waals surface area contributed by atoms with E-state index in [-0.39, 0.29) is 24.8 Å². The Bertz CT molecular complexity index is 1380. The van der Waals surface area contributed by atoms with Crippen LogP contribution in [0.25, 0.3) is 11.2 Å². The lowest BCUT2D eigenvalue weighted by atomic mass is 9.98. The predicted octanol–water partition coefficient (Wildman–Crippen LogP) is 0.891. The number of likely N-dealkylation sites (tertiary alicyclic amines) is 1. The minimum atomic E-state index is -1.03. The molecule has 0 saturated carbocycles. The number of aromatic nitrogens is 4. The van der Waals surface area contributed by atoms with Gasteiger partial charge in [0.25, 0.3) is 5.91 Å². The smallest absolute Gasteiger partial charge is 0.320 e. The molecular formula is C24H25N7O7. The first kappa shape index (κ1) is 24.2. The van der Waals surface area contributed by atoms with Crippen LogP contribution in [-0.2, 0) is 23.8 Å². The van der Waals surface area contributed by atoms with E-state index in [0.717, 1.165) is 5.56 Å². The molecular weight excluding hydrogens is 498 g/mol. The van der Waals surface area contributed by atoms with Crippen molar-refractivity contribution in [3.63, 3.8) is 0 Å². The maximum atomic E-state index is 13.4. The second-order valence-corrected chi connectivity index (χ2v) is 9.20. The molecule has 0 aliphatic carbocycles. The first-order valence-corrected chi connectivity index (χ1v) is 12.2. The molecule has 3 saturated heterocycles. The zero-order valence-electron chi connectivity index (χ0n) is 20.3. The van der Waals surface area contributed by atoms with Gasteiger partial charge in [-0.25, -0.2) is 19.7 Å². The highest BCUT2D eigenvalue weighted by Crippen LogP contribution is 2.45. The van der Waals surface area contributed by atoms with E-state index in [0.29, 0.717) is 17.7 Å². The number of benzene rings is 1. The molecule has 3 amide bonds. The predicted molar refractivity (Wildman–Crippen MR) is 129 cm³/mol. The molecule has 3 aliphatic heterocycles. The van der Waals surface area contributed by atoms with Gasteiger partial charge in [-0.1, -0.05) is 30.3 Å². The Morgan fingerprint density at radius 3 is 2.55 bits per heavy atom. The van der Waals surface area contributed by atoms with Crippen LogP contribution in [0.4, 0.5) is 10.6 Å². The molecule has 0 bridgehead atoms. The normalized spacial score (nSPS) is 26.7. The molecule has 3 aromatic rings. The van der Waals surface area contributed by atoms with Gasteiger partial charge >= 0.3 is 12.0 Å². The first-order valence-electron chi connectivity index (χ1n) is 12.2. The fourth-order valence-corrected chi connectivity index (χ4v) is 4.88. The number of carboxylic acid groups (broad SMARTS) is 1. The number of hydrogen-bond acceptors (Lipinski definition) is 9. The van der Waals surface area contributed by atoms with Gasteiger partial charge < -0.3 is 29.5 Å². The molecule has 14 nitrogen and oxygen atoms in total. The number of carboxylic acids is 1. The van der Waals surface area contributed by atoms with Gasteiger partial charge in [0.15, 0.2) is 35.6 Å². The van der Waals surface area contributed by atoms with Crippen molar-refractivity contribution in [1.29, 1.82) is 0 Å². The van der Waals surface area contributed by atoms with Crippen molar-refractivity contribution in [2.45, 2.75) is 37.8 Å². The lowest BCUT2D eigenvalue weighted by Gasteiger charge is -2.38. The van der Waals surface area contributed by atoms with Crippen LogP contribution >= 0.6 is 0 Å². The number of nitrogens with zero attached hydrogens (tertiary/aromatic N) is 5. The number of carbonyl (C=O) groups excluding carboxylic acids is 2. The van der Waals surface area contributed by atoms with Crippen molar-refractivity contribution in [3.8, 4) is 0 Å². The lowest BCUT2D eigenvalue weighted by Crippen LogP contribution is -2.57. The summed E-state index contributed by atoms with van der Waals surface area (Å²) in [6.07, 6.45) is -1.26. The molecule has 6 rings (SSSR count). The number of imidazole rings is 1. The third-order valence-electron chi connectivity index (χ3n) is 6.81. The van der Waals surface area contributed by atoms with Gasteiger partial charge in [-0.2, -0.15) is 0 Å². The minimum Gasteiger partial charge on any atom is -0.481 e. The van der Waals surface area contributed by atoms with Crippen molar-refractivity contribution in [3.05, 3.63) is 48.5 Å². The summed E-state index contributed by atoms with van der Waals surface area (Å²) in [6.45, 7) is 2.45. The number of fused-ring (bicyclic) bond motifs is 2. The van der Waals surface area contributed by atoms with Gasteiger partial charge in [0, 0.05) is 25.2 Å². The average Bonchev–Trinajstić information content (AvgIpc) is 3.57. The average molecular weight is 524 g/mol. The fraction of sp³-hybridized carbons (Fsp3) is 0.417. The Morgan fingerprint density at radius 2 is 1.82 bits per heavy atom. The van der Waals surface area contributed by atoms with Crippen LogP contribution < -0.4 is 10.6 Å². The van der Waals surface area contributed by atoms with Gasteiger partial charge in [0.2, 0.25) is 0 Å². The van der Waals surface area contributed by atoms with Gasteiger partial charge in [0.1, 0.15) is 18.5 Å². The minimum absolute atomic E-state index is 0.106. The highest BCUT2D eigenvalue weighted by molar-refractivity contribution is 5.95. The molecule has 0 radical (unpaired) electrons. The number of carbonyl (C=O) groups is 3. The Morgan fingerprint density at radius 1 is 1.05 bits per heavy atom. The number of amides is 3. The van der Waals surface area contributed by atoms with Crippen LogP contribution in [0.2, 0.25) is 0 Å². The lowest BCUT2D eigenvalue weighted by molar-refractivity contribution is -0.175. The van der Waals surface area contributed by atoms with Crippen molar-refractivity contribution in [1.82, 2.24) is 29.7 Å². The van der Waals surface area contributed by atoms with E-state index < -0.39 is 48.7 Å². The Kier molecular flexibility index (Phi) is 6.13. The molecule has 14 heteroatoms. The maximum Gasteiger partial charge on any atom is 0.320 e. The molecule has 0 spiro atoms. The maximum absolute atomic E-state index is 13.4. The second-order valence-electron chi connectivity index (χ2n) is 9.20. The highest BCUT2D eigenvalue weighted by atomic mass is 16.8. The molecule has 1 aromatic carbocycles. The quantitative estimate of drug-likeness (QED) is 0.422. The zero-order chi connectivity index (χ0) is 26.4. The second kappa shape index (κ2) is 9.63. The molecule has 5 atom stereocenters. The van der Waals surface area contributed by atoms with Crippen molar-refractivity contribution in [2.24, 2.45) is 5.92 Å². The zero-order valence-corrected chi connectivity index (χ0v) is 20.3. The van der Waals surface area contributed by atoms with E-state index in [4.69, 9.17) is 14.2 Å². The number of rotatable bonds is 6. The molecule has 5 heterocycles. The Hall–Kier alpha value is -4.14. The molecule has 4 unspecified atom stereocenters. The van der Waals surface area contributed by atoms with E-state index in [9.17, 15) is 19.5 Å². The van der Waals surface area contributed by atoms with E-state index >= 15 is 0 Å². The van der Waals surface area contributed by atoms with Crippen LogP contribution in [0.15, 0.2) is 43.0 Å². The summed E-state index contributed by atoms with van der Waals surface area (Å²) in [5, 5.41) is 14.5. The summed E-state index contributed by atoms with van der Waals surface area (Å²) in [5.74, 6) is -1.69. The van der Waals surface area contributed by atoms with Crippen molar-refractivity contribution in [2.75, 3.05) is 25.0 Å². The number of hydrogen-bond donors (Lipinski definition) is 3. The largest absolute Gasteiger partial charge is 0.481 e. The SMILES string of the molecule is CCNC(=O)Nc1ncnc2c1ncn2C1OC(C(=O)N2CC(C(=O)O)C2)C2O[C@H](c3ccccc3)OC21. The third kappa shape index (κ3) is 4.12. The summed E-state index contributed by atoms with van der Waals surface area (Å²) >= 11 is 0. The van der Waals surface area contributed by atoms with Crippen LogP contribution in [0, 0.1) is 5.92 Å².